The van der Waals surface area contributed by atoms with E-state index in [-0.39, 0.29) is 0 Å². The van der Waals surface area contributed by atoms with Crippen LogP contribution in [-0.2, 0) is 11.4 Å². The summed E-state index contributed by atoms with van der Waals surface area (Å²) in [5.74, 6) is -0.501. The second-order valence-corrected chi connectivity index (χ2v) is 4.09. The topological polar surface area (TPSA) is 72.6 Å². The van der Waals surface area contributed by atoms with E-state index < -0.39 is 5.97 Å². The molecule has 0 saturated carbocycles. The van der Waals surface area contributed by atoms with Gasteiger partial charge in [-0.15, -0.1) is 0 Å². The molecule has 0 aliphatic carbocycles. The zero-order valence-corrected chi connectivity index (χ0v) is 10.5. The Labute approximate surface area is 114 Å². The molecule has 2 aromatic rings. The van der Waals surface area contributed by atoms with E-state index in [1.807, 2.05) is 0 Å². The van der Waals surface area contributed by atoms with Gasteiger partial charge >= 0.3 is 5.97 Å². The summed E-state index contributed by atoms with van der Waals surface area (Å²) in [5.41, 5.74) is 1.48. The quantitative estimate of drug-likeness (QED) is 0.852. The number of aromatic nitrogens is 1. The third-order valence-electron chi connectivity index (χ3n) is 2.25. The van der Waals surface area contributed by atoms with Crippen LogP contribution in [0.3, 0.4) is 0 Å². The molecule has 0 radical (unpaired) electrons. The normalized spacial score (nSPS) is 10.8. The molecule has 0 atom stereocenters. The average Bonchev–Trinajstić information content (AvgIpc) is 2.88. The lowest BCUT2D eigenvalue weighted by Crippen LogP contribution is -1.94. The summed E-state index contributed by atoms with van der Waals surface area (Å²) in [6.45, 7) is 0.299. The first kappa shape index (κ1) is 13.2. The summed E-state index contributed by atoms with van der Waals surface area (Å²) in [6.07, 6.45) is 5.54. The molecular weight excluding hydrogens is 270 g/mol. The van der Waals surface area contributed by atoms with E-state index in [4.69, 9.17) is 21.4 Å². The summed E-state index contributed by atoms with van der Waals surface area (Å²) in [4.78, 5) is 10.4. The highest BCUT2D eigenvalue weighted by atomic mass is 35.5. The Balaban J connectivity index is 2.04. The molecule has 0 aliphatic heterocycles. The standard InChI is InChI=1S/C13H10ClNO4/c14-11-5-9(2-4-13(16)17)1-3-12(11)18-7-10-6-15-19-8-10/h1-6,8H,7H2,(H,16,17). The Kier molecular flexibility index (Phi) is 4.20. The molecule has 1 aromatic heterocycles. The summed E-state index contributed by atoms with van der Waals surface area (Å²) in [5, 5.41) is 12.5. The van der Waals surface area contributed by atoms with Gasteiger partial charge < -0.3 is 14.4 Å². The third-order valence-corrected chi connectivity index (χ3v) is 2.55. The Morgan fingerprint density at radius 3 is 3.00 bits per heavy atom. The van der Waals surface area contributed by atoms with Crippen molar-refractivity contribution in [1.29, 1.82) is 0 Å². The molecule has 0 unspecified atom stereocenters. The van der Waals surface area contributed by atoms with E-state index in [0.717, 1.165) is 11.6 Å². The molecular formula is C13H10ClNO4. The predicted octanol–water partition coefficient (Wildman–Crippen LogP) is 3.00. The molecule has 19 heavy (non-hydrogen) atoms. The van der Waals surface area contributed by atoms with Crippen molar-refractivity contribution in [2.75, 3.05) is 0 Å². The molecule has 0 bridgehead atoms. The Hall–Kier alpha value is -2.27. The lowest BCUT2D eigenvalue weighted by Gasteiger charge is -2.07. The fourth-order valence-corrected chi connectivity index (χ4v) is 1.61. The monoisotopic (exact) mass is 279 g/mol. The molecule has 0 aliphatic rings. The van der Waals surface area contributed by atoms with Crippen molar-refractivity contribution in [3.05, 3.63) is 52.9 Å². The van der Waals surface area contributed by atoms with Gasteiger partial charge in [-0.2, -0.15) is 0 Å². The first-order chi connectivity index (χ1) is 9.15. The van der Waals surface area contributed by atoms with Crippen LogP contribution in [0.25, 0.3) is 6.08 Å². The number of carbonyl (C=O) groups is 1. The highest BCUT2D eigenvalue weighted by molar-refractivity contribution is 6.32. The minimum atomic E-state index is -1.01. The first-order valence-electron chi connectivity index (χ1n) is 5.37. The van der Waals surface area contributed by atoms with Crippen LogP contribution in [0.15, 0.2) is 41.3 Å². The zero-order valence-electron chi connectivity index (χ0n) is 9.75. The maximum Gasteiger partial charge on any atom is 0.328 e. The maximum atomic E-state index is 10.4. The number of ether oxygens (including phenoxy) is 1. The SMILES string of the molecule is O=C(O)C=Cc1ccc(OCc2cnoc2)c(Cl)c1. The molecule has 1 heterocycles. The van der Waals surface area contributed by atoms with E-state index >= 15 is 0 Å². The van der Waals surface area contributed by atoms with E-state index in [1.165, 1.54) is 12.3 Å². The van der Waals surface area contributed by atoms with Crippen molar-refractivity contribution in [2.45, 2.75) is 6.61 Å². The van der Waals surface area contributed by atoms with E-state index in [0.29, 0.717) is 22.9 Å². The van der Waals surface area contributed by atoms with Gasteiger partial charge in [-0.25, -0.2) is 4.79 Å². The van der Waals surface area contributed by atoms with E-state index in [9.17, 15) is 4.79 Å². The maximum absolute atomic E-state index is 10.4. The highest BCUT2D eigenvalue weighted by Gasteiger charge is 2.04. The number of hydrogen-bond acceptors (Lipinski definition) is 4. The summed E-state index contributed by atoms with van der Waals surface area (Å²) in [6, 6.07) is 5.02. The molecule has 2 rings (SSSR count). The lowest BCUT2D eigenvalue weighted by molar-refractivity contribution is -0.131. The zero-order chi connectivity index (χ0) is 13.7. The van der Waals surface area contributed by atoms with Crippen LogP contribution in [0.5, 0.6) is 5.75 Å². The summed E-state index contributed by atoms with van der Waals surface area (Å²) >= 11 is 6.04. The van der Waals surface area contributed by atoms with Crippen molar-refractivity contribution in [3.63, 3.8) is 0 Å². The molecule has 6 heteroatoms. The molecule has 0 fully saturated rings. The van der Waals surface area contributed by atoms with Gasteiger partial charge in [0.2, 0.25) is 0 Å². The highest BCUT2D eigenvalue weighted by Crippen LogP contribution is 2.26. The van der Waals surface area contributed by atoms with Gasteiger partial charge in [0.15, 0.2) is 0 Å². The number of carboxylic acid groups (broad SMARTS) is 1. The summed E-state index contributed by atoms with van der Waals surface area (Å²) in [7, 11) is 0. The number of benzene rings is 1. The minimum Gasteiger partial charge on any atom is -0.487 e. The number of rotatable bonds is 5. The Morgan fingerprint density at radius 2 is 2.37 bits per heavy atom. The van der Waals surface area contributed by atoms with E-state index in [2.05, 4.69) is 9.68 Å². The molecule has 1 aromatic carbocycles. The fourth-order valence-electron chi connectivity index (χ4n) is 1.36. The fraction of sp³-hybridized carbons (Fsp3) is 0.0769. The van der Waals surface area contributed by atoms with Crippen LogP contribution in [-0.4, -0.2) is 16.2 Å². The average molecular weight is 280 g/mol. The minimum absolute atomic E-state index is 0.299. The molecule has 1 N–H and O–H groups in total. The smallest absolute Gasteiger partial charge is 0.328 e. The van der Waals surface area contributed by atoms with Crippen LogP contribution in [0.1, 0.15) is 11.1 Å². The number of hydrogen-bond donors (Lipinski definition) is 1. The summed E-state index contributed by atoms with van der Waals surface area (Å²) < 4.78 is 10.2. The van der Waals surface area contributed by atoms with Gasteiger partial charge in [0.25, 0.3) is 0 Å². The molecule has 0 spiro atoms. The van der Waals surface area contributed by atoms with Gasteiger partial charge in [-0.05, 0) is 23.8 Å². The van der Waals surface area contributed by atoms with Gasteiger partial charge in [0.1, 0.15) is 18.6 Å². The van der Waals surface area contributed by atoms with Crippen LogP contribution < -0.4 is 4.74 Å². The second kappa shape index (κ2) is 6.06. The first-order valence-corrected chi connectivity index (χ1v) is 5.74. The van der Waals surface area contributed by atoms with Crippen molar-refractivity contribution >= 4 is 23.6 Å². The second-order valence-electron chi connectivity index (χ2n) is 3.68. The number of aliphatic carboxylic acids is 1. The van der Waals surface area contributed by atoms with Crippen molar-refractivity contribution in [3.8, 4) is 5.75 Å². The number of carboxylic acids is 1. The van der Waals surface area contributed by atoms with Crippen molar-refractivity contribution < 1.29 is 19.2 Å². The molecule has 0 amide bonds. The van der Waals surface area contributed by atoms with Crippen LogP contribution >= 0.6 is 11.6 Å². The van der Waals surface area contributed by atoms with Crippen molar-refractivity contribution in [1.82, 2.24) is 5.16 Å². The molecule has 98 valence electrons. The van der Waals surface area contributed by atoms with Crippen molar-refractivity contribution in [2.24, 2.45) is 0 Å². The Bertz CT molecular complexity index is 593. The van der Waals surface area contributed by atoms with Gasteiger partial charge in [-0.3, -0.25) is 0 Å². The Morgan fingerprint density at radius 1 is 1.53 bits per heavy atom. The van der Waals surface area contributed by atoms with Gasteiger partial charge in [0.05, 0.1) is 11.2 Å². The lowest BCUT2D eigenvalue weighted by atomic mass is 10.2. The van der Waals surface area contributed by atoms with Gasteiger partial charge in [-0.1, -0.05) is 22.8 Å². The molecule has 5 nitrogen and oxygen atoms in total. The molecule has 0 saturated heterocycles. The van der Waals surface area contributed by atoms with Gasteiger partial charge in [0, 0.05) is 11.6 Å². The third kappa shape index (κ3) is 3.86. The van der Waals surface area contributed by atoms with Crippen LogP contribution in [0.4, 0.5) is 0 Å². The van der Waals surface area contributed by atoms with Crippen LogP contribution in [0.2, 0.25) is 5.02 Å². The number of halogens is 1. The predicted molar refractivity (Wildman–Crippen MR) is 69.0 cm³/mol. The number of nitrogens with zero attached hydrogens (tertiary/aromatic N) is 1. The van der Waals surface area contributed by atoms with E-state index in [1.54, 1.807) is 24.4 Å². The van der Waals surface area contributed by atoms with Crippen LogP contribution in [0, 0.1) is 0 Å². The largest absolute Gasteiger partial charge is 0.487 e.